The molecule has 0 radical (unpaired) electrons. The fourth-order valence-corrected chi connectivity index (χ4v) is 1.42. The zero-order valence-corrected chi connectivity index (χ0v) is 11.5. The molecule has 2 N–H and O–H groups in total. The van der Waals surface area contributed by atoms with E-state index in [1.807, 2.05) is 0 Å². The molecule has 0 fully saturated rings. The standard InChI is InChI=1S/C13H24N4/c1-10(2)6-14-7-11-8-15-9-12(16-11)17-13(3,4)5/h8-10,14H,6-7H2,1-5H3,(H,16,17). The van der Waals surface area contributed by atoms with Crippen LogP contribution in [-0.4, -0.2) is 22.1 Å². The molecule has 0 unspecified atom stereocenters. The monoisotopic (exact) mass is 236 g/mol. The first-order valence-corrected chi connectivity index (χ1v) is 6.16. The normalized spacial score (nSPS) is 11.9. The summed E-state index contributed by atoms with van der Waals surface area (Å²) in [5.41, 5.74) is 0.985. The third kappa shape index (κ3) is 6.22. The van der Waals surface area contributed by atoms with Gasteiger partial charge in [0.1, 0.15) is 5.82 Å². The first-order chi connectivity index (χ1) is 7.87. The van der Waals surface area contributed by atoms with Crippen LogP contribution in [0.15, 0.2) is 12.4 Å². The van der Waals surface area contributed by atoms with Gasteiger partial charge in [0, 0.05) is 18.3 Å². The Labute approximate surface area is 104 Å². The third-order valence-corrected chi connectivity index (χ3v) is 2.05. The van der Waals surface area contributed by atoms with E-state index < -0.39 is 0 Å². The Bertz CT molecular complexity index is 342. The Morgan fingerprint density at radius 3 is 2.53 bits per heavy atom. The average Bonchev–Trinajstić information content (AvgIpc) is 2.14. The summed E-state index contributed by atoms with van der Waals surface area (Å²) in [7, 11) is 0. The van der Waals surface area contributed by atoms with Crippen molar-refractivity contribution in [1.29, 1.82) is 0 Å². The van der Waals surface area contributed by atoms with Crippen molar-refractivity contribution in [3.05, 3.63) is 18.1 Å². The third-order valence-electron chi connectivity index (χ3n) is 2.05. The lowest BCUT2D eigenvalue weighted by Crippen LogP contribution is -2.27. The molecule has 0 amide bonds. The number of rotatable bonds is 5. The van der Waals surface area contributed by atoms with E-state index in [0.717, 1.165) is 24.6 Å². The Morgan fingerprint density at radius 1 is 1.24 bits per heavy atom. The molecule has 1 aromatic rings. The molecule has 1 heterocycles. The Morgan fingerprint density at radius 2 is 1.94 bits per heavy atom. The van der Waals surface area contributed by atoms with Crippen molar-refractivity contribution in [1.82, 2.24) is 15.3 Å². The summed E-state index contributed by atoms with van der Waals surface area (Å²) in [6.07, 6.45) is 3.57. The predicted octanol–water partition coefficient (Wildman–Crippen LogP) is 2.43. The second-order valence-electron chi connectivity index (χ2n) is 5.80. The lowest BCUT2D eigenvalue weighted by atomic mass is 10.1. The van der Waals surface area contributed by atoms with Crippen molar-refractivity contribution in [3.63, 3.8) is 0 Å². The van der Waals surface area contributed by atoms with Crippen LogP contribution in [0.3, 0.4) is 0 Å². The van der Waals surface area contributed by atoms with Gasteiger partial charge in [-0.1, -0.05) is 13.8 Å². The second kappa shape index (κ2) is 5.96. The van der Waals surface area contributed by atoms with Crippen LogP contribution >= 0.6 is 0 Å². The molecule has 0 saturated carbocycles. The molecule has 96 valence electrons. The number of nitrogens with zero attached hydrogens (tertiary/aromatic N) is 2. The van der Waals surface area contributed by atoms with Gasteiger partial charge in [-0.15, -0.1) is 0 Å². The summed E-state index contributed by atoms with van der Waals surface area (Å²) in [6.45, 7) is 12.5. The van der Waals surface area contributed by atoms with E-state index in [1.165, 1.54) is 0 Å². The summed E-state index contributed by atoms with van der Waals surface area (Å²) < 4.78 is 0. The van der Waals surface area contributed by atoms with Crippen LogP contribution < -0.4 is 10.6 Å². The molecule has 0 aliphatic carbocycles. The fourth-order valence-electron chi connectivity index (χ4n) is 1.42. The minimum absolute atomic E-state index is 0.0126. The van der Waals surface area contributed by atoms with E-state index in [1.54, 1.807) is 12.4 Å². The maximum absolute atomic E-state index is 4.52. The zero-order valence-electron chi connectivity index (χ0n) is 11.5. The van der Waals surface area contributed by atoms with Crippen molar-refractivity contribution < 1.29 is 0 Å². The van der Waals surface area contributed by atoms with Crippen molar-refractivity contribution in [2.45, 2.75) is 46.7 Å². The summed E-state index contributed by atoms with van der Waals surface area (Å²) >= 11 is 0. The summed E-state index contributed by atoms with van der Waals surface area (Å²) in [5.74, 6) is 1.49. The maximum atomic E-state index is 4.52. The largest absolute Gasteiger partial charge is 0.364 e. The molecule has 1 rings (SSSR count). The summed E-state index contributed by atoms with van der Waals surface area (Å²) in [5, 5.41) is 6.68. The Hall–Kier alpha value is -1.16. The van der Waals surface area contributed by atoms with E-state index in [0.29, 0.717) is 5.92 Å². The molecule has 0 atom stereocenters. The van der Waals surface area contributed by atoms with Gasteiger partial charge in [0.15, 0.2) is 0 Å². The van der Waals surface area contributed by atoms with Crippen molar-refractivity contribution in [3.8, 4) is 0 Å². The van der Waals surface area contributed by atoms with Gasteiger partial charge < -0.3 is 10.6 Å². The maximum Gasteiger partial charge on any atom is 0.145 e. The van der Waals surface area contributed by atoms with E-state index in [9.17, 15) is 0 Å². The summed E-state index contributed by atoms with van der Waals surface area (Å²) in [4.78, 5) is 8.72. The minimum Gasteiger partial charge on any atom is -0.364 e. The van der Waals surface area contributed by atoms with E-state index in [-0.39, 0.29) is 5.54 Å². The highest BCUT2D eigenvalue weighted by molar-refractivity contribution is 5.34. The van der Waals surface area contributed by atoms with Gasteiger partial charge in [0.25, 0.3) is 0 Å². The molecule has 0 aliphatic rings. The Kier molecular flexibility index (Phi) is 4.87. The van der Waals surface area contributed by atoms with Crippen molar-refractivity contribution in [2.75, 3.05) is 11.9 Å². The van der Waals surface area contributed by atoms with E-state index >= 15 is 0 Å². The average molecular weight is 236 g/mol. The van der Waals surface area contributed by atoms with Crippen molar-refractivity contribution in [2.24, 2.45) is 5.92 Å². The second-order valence-corrected chi connectivity index (χ2v) is 5.80. The number of aromatic nitrogens is 2. The van der Waals surface area contributed by atoms with Crippen LogP contribution in [-0.2, 0) is 6.54 Å². The lowest BCUT2D eigenvalue weighted by molar-refractivity contribution is 0.547. The molecule has 0 aliphatic heterocycles. The molecule has 0 saturated heterocycles. The van der Waals surface area contributed by atoms with Gasteiger partial charge in [-0.2, -0.15) is 0 Å². The quantitative estimate of drug-likeness (QED) is 0.824. The molecule has 4 nitrogen and oxygen atoms in total. The zero-order chi connectivity index (χ0) is 12.9. The predicted molar refractivity (Wildman–Crippen MR) is 72.0 cm³/mol. The first-order valence-electron chi connectivity index (χ1n) is 6.16. The Balaban J connectivity index is 2.54. The van der Waals surface area contributed by atoms with Gasteiger partial charge >= 0.3 is 0 Å². The van der Waals surface area contributed by atoms with Gasteiger partial charge in [-0.3, -0.25) is 4.98 Å². The van der Waals surface area contributed by atoms with Crippen LogP contribution in [0, 0.1) is 5.92 Å². The highest BCUT2D eigenvalue weighted by Crippen LogP contribution is 2.10. The number of nitrogens with one attached hydrogen (secondary N) is 2. The molecular formula is C13H24N4. The van der Waals surface area contributed by atoms with Gasteiger partial charge in [0.2, 0.25) is 0 Å². The molecular weight excluding hydrogens is 212 g/mol. The van der Waals surface area contributed by atoms with Crippen molar-refractivity contribution >= 4 is 5.82 Å². The van der Waals surface area contributed by atoms with Gasteiger partial charge in [-0.05, 0) is 33.2 Å². The van der Waals surface area contributed by atoms with Crippen LogP contribution in [0.4, 0.5) is 5.82 Å². The first kappa shape index (κ1) is 13.9. The summed E-state index contributed by atoms with van der Waals surface area (Å²) in [6, 6.07) is 0. The van der Waals surface area contributed by atoms with Gasteiger partial charge in [0.05, 0.1) is 11.9 Å². The van der Waals surface area contributed by atoms with Crippen LogP contribution in [0.1, 0.15) is 40.3 Å². The molecule has 1 aromatic heterocycles. The number of hydrogen-bond donors (Lipinski definition) is 2. The molecule has 0 aromatic carbocycles. The van der Waals surface area contributed by atoms with Gasteiger partial charge in [-0.25, -0.2) is 4.98 Å². The van der Waals surface area contributed by atoms with E-state index in [4.69, 9.17) is 0 Å². The fraction of sp³-hybridized carbons (Fsp3) is 0.692. The van der Waals surface area contributed by atoms with E-state index in [2.05, 4.69) is 55.2 Å². The highest BCUT2D eigenvalue weighted by Gasteiger charge is 2.10. The van der Waals surface area contributed by atoms with Crippen LogP contribution in [0.25, 0.3) is 0 Å². The topological polar surface area (TPSA) is 49.8 Å². The molecule has 17 heavy (non-hydrogen) atoms. The van der Waals surface area contributed by atoms with Crippen LogP contribution in [0.2, 0.25) is 0 Å². The number of anilines is 1. The SMILES string of the molecule is CC(C)CNCc1cncc(NC(C)(C)C)n1. The lowest BCUT2D eigenvalue weighted by Gasteiger charge is -2.21. The highest BCUT2D eigenvalue weighted by atomic mass is 15.1. The van der Waals surface area contributed by atoms with Crippen LogP contribution in [0.5, 0.6) is 0 Å². The number of hydrogen-bond acceptors (Lipinski definition) is 4. The molecule has 0 bridgehead atoms. The minimum atomic E-state index is 0.0126. The smallest absolute Gasteiger partial charge is 0.145 e. The molecule has 4 heteroatoms. The molecule has 0 spiro atoms.